The van der Waals surface area contributed by atoms with Gasteiger partial charge in [0.2, 0.25) is 0 Å². The number of phenolic OH excluding ortho intramolecular Hbond substituents is 1. The summed E-state index contributed by atoms with van der Waals surface area (Å²) in [6, 6.07) is 4.25. The quantitative estimate of drug-likeness (QED) is 0.0757. The van der Waals surface area contributed by atoms with Crippen LogP contribution in [-0.4, -0.2) is 19.8 Å². The van der Waals surface area contributed by atoms with Crippen LogP contribution in [0.5, 0.6) is 5.75 Å². The number of hydrogen-bond acceptors (Lipinski definition) is 4. The zero-order valence-corrected chi connectivity index (χ0v) is 26.3. The highest BCUT2D eigenvalue weighted by atomic mass is 31.2. The lowest BCUT2D eigenvalue weighted by atomic mass is 9.89. The fourth-order valence-corrected chi connectivity index (χ4v) is 5.34. The third-order valence-corrected chi connectivity index (χ3v) is 7.61. The summed E-state index contributed by atoms with van der Waals surface area (Å²) in [6.45, 7) is 6.87. The molecule has 0 aliphatic heterocycles. The van der Waals surface area contributed by atoms with Gasteiger partial charge in [-0.05, 0) is 61.3 Å². The van der Waals surface area contributed by atoms with E-state index in [-0.39, 0.29) is 0 Å². The molecule has 0 aliphatic rings. The van der Waals surface area contributed by atoms with Crippen LogP contribution in [0.1, 0.15) is 172 Å². The molecule has 5 heteroatoms. The number of hydrogen-bond donors (Lipinski definition) is 4. The number of rotatable bonds is 24. The molecule has 0 unspecified atom stereocenters. The van der Waals surface area contributed by atoms with Crippen molar-refractivity contribution < 1.29 is 19.8 Å². The van der Waals surface area contributed by atoms with Crippen molar-refractivity contribution in [2.24, 2.45) is 0 Å². The molecule has 38 heavy (non-hydrogen) atoms. The lowest BCUT2D eigenvalue weighted by Crippen LogP contribution is -2.03. The summed E-state index contributed by atoms with van der Waals surface area (Å²) in [6.07, 6.45) is 31.9. The average molecular weight is 555 g/mol. The molecule has 1 aromatic rings. The molecule has 0 heterocycles. The fraction of sp³-hybridized carbons (Fsp3) is 0.818. The van der Waals surface area contributed by atoms with Crippen LogP contribution < -0.4 is 0 Å². The van der Waals surface area contributed by atoms with Crippen LogP contribution in [0, 0.1) is 0 Å². The van der Waals surface area contributed by atoms with Gasteiger partial charge < -0.3 is 19.8 Å². The van der Waals surface area contributed by atoms with Gasteiger partial charge >= 0.3 is 8.60 Å². The maximum atomic E-state index is 10.8. The molecule has 0 radical (unpaired) electrons. The summed E-state index contributed by atoms with van der Waals surface area (Å²) in [5.74, 6) is 0.562. The van der Waals surface area contributed by atoms with E-state index in [1.54, 1.807) is 0 Å². The Kier molecular flexibility index (Phi) is 27.4. The summed E-state index contributed by atoms with van der Waals surface area (Å²) >= 11 is 0. The molecule has 0 aliphatic carbocycles. The topological polar surface area (TPSA) is 80.9 Å². The van der Waals surface area contributed by atoms with Crippen LogP contribution in [0.4, 0.5) is 0 Å². The Morgan fingerprint density at radius 3 is 1.16 bits per heavy atom. The van der Waals surface area contributed by atoms with Gasteiger partial charge in [0, 0.05) is 0 Å². The Labute approximate surface area is 237 Å². The summed E-state index contributed by atoms with van der Waals surface area (Å²) in [7, 11) is -2.62. The summed E-state index contributed by atoms with van der Waals surface area (Å²) < 4.78 is 0. The molecule has 0 saturated carbocycles. The molecule has 0 spiro atoms. The van der Waals surface area contributed by atoms with E-state index >= 15 is 0 Å². The molecule has 1 aromatic carbocycles. The lowest BCUT2D eigenvalue weighted by molar-refractivity contribution is 0.368. The van der Waals surface area contributed by atoms with Gasteiger partial charge in [0.25, 0.3) is 0 Å². The molecule has 0 bridgehead atoms. The summed E-state index contributed by atoms with van der Waals surface area (Å²) in [4.78, 5) is 21.7. The largest absolute Gasteiger partial charge is 0.508 e. The summed E-state index contributed by atoms with van der Waals surface area (Å²) in [5.41, 5.74) is 4.35. The second kappa shape index (κ2) is 27.9. The van der Waals surface area contributed by atoms with E-state index in [9.17, 15) is 5.11 Å². The number of phenols is 1. The molecule has 0 aromatic heterocycles. The van der Waals surface area contributed by atoms with E-state index in [0.29, 0.717) is 5.75 Å². The molecule has 0 saturated heterocycles. The van der Waals surface area contributed by atoms with Gasteiger partial charge in [0.15, 0.2) is 0 Å². The van der Waals surface area contributed by atoms with Crippen LogP contribution in [0.2, 0.25) is 0 Å². The van der Waals surface area contributed by atoms with Gasteiger partial charge in [0.05, 0.1) is 0 Å². The first-order valence-electron chi connectivity index (χ1n) is 16.2. The Morgan fingerprint density at radius 2 is 0.763 bits per heavy atom. The minimum Gasteiger partial charge on any atom is -0.508 e. The first-order valence-corrected chi connectivity index (χ1v) is 17.4. The van der Waals surface area contributed by atoms with E-state index in [2.05, 4.69) is 26.8 Å². The van der Waals surface area contributed by atoms with Crippen molar-refractivity contribution in [2.75, 3.05) is 0 Å². The molecule has 0 fully saturated rings. The highest BCUT2D eigenvalue weighted by Gasteiger charge is 2.13. The number of aryl methyl sites for hydroxylation is 1. The van der Waals surface area contributed by atoms with Crippen molar-refractivity contribution in [1.82, 2.24) is 0 Å². The molecule has 4 nitrogen and oxygen atoms in total. The zero-order valence-electron chi connectivity index (χ0n) is 25.4. The van der Waals surface area contributed by atoms with Crippen LogP contribution in [0.3, 0.4) is 0 Å². The average Bonchev–Trinajstić information content (AvgIpc) is 2.88. The zero-order chi connectivity index (χ0) is 28.3. The van der Waals surface area contributed by atoms with Gasteiger partial charge in [-0.25, -0.2) is 0 Å². The van der Waals surface area contributed by atoms with E-state index in [4.69, 9.17) is 14.7 Å². The highest BCUT2D eigenvalue weighted by Crippen LogP contribution is 2.30. The first kappa shape index (κ1) is 37.3. The van der Waals surface area contributed by atoms with Crippen LogP contribution in [0.15, 0.2) is 12.1 Å². The second-order valence-electron chi connectivity index (χ2n) is 11.1. The predicted molar refractivity (Wildman–Crippen MR) is 167 cm³/mol. The van der Waals surface area contributed by atoms with Crippen molar-refractivity contribution >= 4 is 8.60 Å². The molecule has 224 valence electrons. The Morgan fingerprint density at radius 1 is 0.447 bits per heavy atom. The van der Waals surface area contributed by atoms with Crippen molar-refractivity contribution in [3.63, 3.8) is 0 Å². The Balaban J connectivity index is 0.00000318. The van der Waals surface area contributed by atoms with Gasteiger partial charge in [0.1, 0.15) is 5.75 Å². The van der Waals surface area contributed by atoms with Crippen molar-refractivity contribution in [1.29, 1.82) is 0 Å². The highest BCUT2D eigenvalue weighted by molar-refractivity contribution is 7.38. The standard InChI is InChI=1S/C33H60O.H3O3P/c1-4-7-10-13-16-19-22-25-30-28-29-33(34)32(27-24-21-18-15-12-9-6-3)31(30)26-23-20-17-14-11-8-5-2;1-4(2)3/h28-29,34H,4-27H2,1-3H3;1-3H. The minimum atomic E-state index is -2.62. The third kappa shape index (κ3) is 22.2. The normalized spacial score (nSPS) is 11.1. The Hall–Kier alpha value is -0.670. The number of aromatic hydroxyl groups is 1. The number of unbranched alkanes of at least 4 members (excludes halogenated alkanes) is 18. The van der Waals surface area contributed by atoms with Crippen molar-refractivity contribution in [3.05, 3.63) is 28.8 Å². The smallest absolute Gasteiger partial charge is 0.324 e. The van der Waals surface area contributed by atoms with Crippen LogP contribution >= 0.6 is 8.60 Å². The lowest BCUT2D eigenvalue weighted by Gasteiger charge is -2.17. The second-order valence-corrected chi connectivity index (χ2v) is 11.6. The van der Waals surface area contributed by atoms with Gasteiger partial charge in [-0.15, -0.1) is 0 Å². The maximum Gasteiger partial charge on any atom is 0.324 e. The first-order chi connectivity index (χ1) is 18.5. The summed E-state index contributed by atoms with van der Waals surface area (Å²) in [5, 5.41) is 10.8. The molecule has 4 N–H and O–H groups in total. The van der Waals surface area contributed by atoms with E-state index in [0.717, 1.165) is 6.42 Å². The number of benzene rings is 1. The van der Waals surface area contributed by atoms with Crippen LogP contribution in [0.25, 0.3) is 0 Å². The monoisotopic (exact) mass is 554 g/mol. The molecular weight excluding hydrogens is 491 g/mol. The Bertz CT molecular complexity index is 633. The minimum absolute atomic E-state index is 0.562. The third-order valence-electron chi connectivity index (χ3n) is 7.61. The molecule has 0 atom stereocenters. The maximum absolute atomic E-state index is 10.8. The van der Waals surface area contributed by atoms with E-state index in [1.807, 2.05) is 6.07 Å². The predicted octanol–water partition coefficient (Wildman–Crippen LogP) is 10.5. The van der Waals surface area contributed by atoms with Crippen molar-refractivity contribution in [2.45, 2.75) is 175 Å². The SMILES string of the molecule is CCCCCCCCCc1ccc(O)c(CCCCCCCCC)c1CCCCCCCCC.OP(O)O. The van der Waals surface area contributed by atoms with Crippen LogP contribution in [-0.2, 0) is 19.3 Å². The van der Waals surface area contributed by atoms with Gasteiger partial charge in [-0.3, -0.25) is 0 Å². The molecular formula is C33H63O4P. The van der Waals surface area contributed by atoms with Gasteiger partial charge in [-0.1, -0.05) is 142 Å². The van der Waals surface area contributed by atoms with Crippen molar-refractivity contribution in [3.8, 4) is 5.75 Å². The molecule has 0 amide bonds. The fourth-order valence-electron chi connectivity index (χ4n) is 5.34. The molecule has 1 rings (SSSR count). The van der Waals surface area contributed by atoms with E-state index in [1.165, 1.54) is 164 Å². The van der Waals surface area contributed by atoms with E-state index < -0.39 is 8.60 Å². The van der Waals surface area contributed by atoms with Gasteiger partial charge in [-0.2, -0.15) is 0 Å².